The Morgan fingerprint density at radius 2 is 1.62 bits per heavy atom. The Hall–Kier alpha value is -3.11. The van der Waals surface area contributed by atoms with E-state index in [-0.39, 0.29) is 49.2 Å². The number of ether oxygens (including phenoxy) is 1. The number of benzene rings is 2. The van der Waals surface area contributed by atoms with Gasteiger partial charge in [0.1, 0.15) is 0 Å². The van der Waals surface area contributed by atoms with E-state index in [9.17, 15) is 19.2 Å². The van der Waals surface area contributed by atoms with Crippen LogP contribution in [0.1, 0.15) is 37.8 Å². The second kappa shape index (κ2) is 14.0. The smallest absolute Gasteiger partial charge is 0.306 e. The van der Waals surface area contributed by atoms with E-state index in [1.54, 1.807) is 0 Å². The molecule has 3 rings (SSSR count). The maximum Gasteiger partial charge on any atom is 0.306 e. The van der Waals surface area contributed by atoms with Gasteiger partial charge in [0, 0.05) is 23.8 Å². The fourth-order valence-corrected chi connectivity index (χ4v) is 4.80. The first kappa shape index (κ1) is 28.5. The van der Waals surface area contributed by atoms with Gasteiger partial charge in [0.2, 0.25) is 17.7 Å². The average molecular weight is 529 g/mol. The Balaban J connectivity index is 1.35. The van der Waals surface area contributed by atoms with E-state index < -0.39 is 17.8 Å². The maximum absolute atomic E-state index is 12.6. The van der Waals surface area contributed by atoms with Crippen molar-refractivity contribution in [2.75, 3.05) is 39.8 Å². The number of likely N-dealkylation sites (tertiary alicyclic amines) is 1. The predicted molar refractivity (Wildman–Crippen MR) is 145 cm³/mol. The van der Waals surface area contributed by atoms with Crippen LogP contribution >= 0.6 is 12.6 Å². The highest BCUT2D eigenvalue weighted by Gasteiger charge is 2.28. The number of piperidine rings is 1. The largest absolute Gasteiger partial charge is 0.469 e. The molecule has 200 valence electrons. The summed E-state index contributed by atoms with van der Waals surface area (Å²) in [7, 11) is 1.28. The standard InChI is InChI=1S/C27H36N4O5S/c1-18(22-9-5-7-19-6-3-4-8-23(19)22)31-12-10-20(11-13-31)27(35)30-17-25(33)29-16-24(32)28-15-21(37)14-26(34)36-2/h3-9,18,20-21,37H,10-17H2,1-2H3,(H,28,32)(H,29,33)(H,30,35)/t18-,21+/m1/s1. The van der Waals surface area contributed by atoms with Crippen molar-refractivity contribution in [2.45, 2.75) is 37.5 Å². The zero-order valence-corrected chi connectivity index (χ0v) is 22.3. The first-order chi connectivity index (χ1) is 17.8. The Labute approximate surface area is 223 Å². The molecule has 9 nitrogen and oxygen atoms in total. The van der Waals surface area contributed by atoms with Gasteiger partial charge in [0.15, 0.2) is 0 Å². The molecule has 10 heteroatoms. The van der Waals surface area contributed by atoms with Gasteiger partial charge in [-0.05, 0) is 49.2 Å². The van der Waals surface area contributed by atoms with Crippen molar-refractivity contribution >= 4 is 47.1 Å². The zero-order chi connectivity index (χ0) is 26.8. The van der Waals surface area contributed by atoms with Crippen LogP contribution in [-0.4, -0.2) is 73.7 Å². The van der Waals surface area contributed by atoms with E-state index in [1.807, 2.05) is 6.07 Å². The third-order valence-corrected chi connectivity index (χ3v) is 7.12. The van der Waals surface area contributed by atoms with E-state index in [0.29, 0.717) is 0 Å². The quantitative estimate of drug-likeness (QED) is 0.261. The van der Waals surface area contributed by atoms with Gasteiger partial charge in [-0.15, -0.1) is 0 Å². The molecule has 0 radical (unpaired) electrons. The summed E-state index contributed by atoms with van der Waals surface area (Å²) < 4.78 is 4.55. The molecule has 1 aliphatic heterocycles. The number of esters is 1. The molecule has 1 heterocycles. The minimum absolute atomic E-state index is 0.0687. The lowest BCUT2D eigenvalue weighted by Crippen LogP contribution is -2.45. The minimum Gasteiger partial charge on any atom is -0.469 e. The normalized spacial score (nSPS) is 16.0. The van der Waals surface area contributed by atoms with Crippen LogP contribution in [0.5, 0.6) is 0 Å². The van der Waals surface area contributed by atoms with Crippen molar-refractivity contribution in [3.05, 3.63) is 48.0 Å². The highest BCUT2D eigenvalue weighted by Crippen LogP contribution is 2.31. The van der Waals surface area contributed by atoms with Gasteiger partial charge in [0.05, 0.1) is 26.6 Å². The van der Waals surface area contributed by atoms with E-state index in [0.717, 1.165) is 25.9 Å². The van der Waals surface area contributed by atoms with E-state index >= 15 is 0 Å². The summed E-state index contributed by atoms with van der Waals surface area (Å²) >= 11 is 4.21. The van der Waals surface area contributed by atoms with Crippen LogP contribution in [0.25, 0.3) is 10.8 Å². The van der Waals surface area contributed by atoms with E-state index in [2.05, 4.69) is 81.5 Å². The lowest BCUT2D eigenvalue weighted by atomic mass is 9.92. The molecule has 2 atom stereocenters. The monoisotopic (exact) mass is 528 g/mol. The van der Waals surface area contributed by atoms with E-state index in [4.69, 9.17) is 0 Å². The molecule has 1 aliphatic rings. The topological polar surface area (TPSA) is 117 Å². The first-order valence-electron chi connectivity index (χ1n) is 12.6. The summed E-state index contributed by atoms with van der Waals surface area (Å²) in [5.74, 6) is -1.55. The highest BCUT2D eigenvalue weighted by molar-refractivity contribution is 7.81. The molecule has 0 saturated carbocycles. The lowest BCUT2D eigenvalue weighted by molar-refractivity contribution is -0.140. The third kappa shape index (κ3) is 8.46. The van der Waals surface area contributed by atoms with Crippen LogP contribution in [-0.2, 0) is 23.9 Å². The van der Waals surface area contributed by atoms with Crippen molar-refractivity contribution in [3.63, 3.8) is 0 Å². The van der Waals surface area contributed by atoms with Crippen molar-refractivity contribution in [3.8, 4) is 0 Å². The average Bonchev–Trinajstić information content (AvgIpc) is 2.92. The second-order valence-electron chi connectivity index (χ2n) is 9.29. The molecule has 0 spiro atoms. The number of nitrogens with one attached hydrogen (secondary N) is 3. The number of carbonyl (C=O) groups is 4. The number of carbonyl (C=O) groups excluding carboxylic acids is 4. The van der Waals surface area contributed by atoms with Gasteiger partial charge >= 0.3 is 5.97 Å². The molecular formula is C27H36N4O5S. The van der Waals surface area contributed by atoms with Gasteiger partial charge < -0.3 is 20.7 Å². The number of fused-ring (bicyclic) bond motifs is 1. The Kier molecular flexibility index (Phi) is 10.8. The summed E-state index contributed by atoms with van der Waals surface area (Å²) in [5, 5.41) is 9.85. The summed E-state index contributed by atoms with van der Waals surface area (Å²) in [5.41, 5.74) is 1.29. The lowest BCUT2D eigenvalue weighted by Gasteiger charge is -2.36. The van der Waals surface area contributed by atoms with Crippen molar-refractivity contribution in [1.82, 2.24) is 20.9 Å². The highest BCUT2D eigenvalue weighted by atomic mass is 32.1. The number of hydrogen-bond donors (Lipinski definition) is 4. The molecule has 0 aliphatic carbocycles. The SMILES string of the molecule is COC(=O)C[C@H](S)CNC(=O)CNC(=O)CNC(=O)C1CCN([C@H](C)c2cccc3ccccc23)CC1. The van der Waals surface area contributed by atoms with Gasteiger partial charge in [-0.25, -0.2) is 0 Å². The fourth-order valence-electron chi connectivity index (χ4n) is 4.56. The molecule has 1 saturated heterocycles. The number of methoxy groups -OCH3 is 1. The van der Waals surface area contributed by atoms with Crippen LogP contribution < -0.4 is 16.0 Å². The van der Waals surface area contributed by atoms with Crippen LogP contribution in [0.2, 0.25) is 0 Å². The van der Waals surface area contributed by atoms with Crippen molar-refractivity contribution in [1.29, 1.82) is 0 Å². The van der Waals surface area contributed by atoms with Gasteiger partial charge in [0.25, 0.3) is 0 Å². The van der Waals surface area contributed by atoms with Crippen LogP contribution in [0.4, 0.5) is 0 Å². The number of rotatable bonds is 11. The fraction of sp³-hybridized carbons (Fsp3) is 0.481. The van der Waals surface area contributed by atoms with E-state index in [1.165, 1.54) is 23.4 Å². The summed E-state index contributed by atoms with van der Waals surface area (Å²) in [4.78, 5) is 50.2. The molecule has 2 aromatic carbocycles. The molecular weight excluding hydrogens is 492 g/mol. The number of amides is 3. The molecule has 0 bridgehead atoms. The van der Waals surface area contributed by atoms with Gasteiger partial charge in [-0.1, -0.05) is 42.5 Å². The molecule has 1 fully saturated rings. The second-order valence-corrected chi connectivity index (χ2v) is 10.0. The first-order valence-corrected chi connectivity index (χ1v) is 13.1. The van der Waals surface area contributed by atoms with Gasteiger partial charge in [-0.2, -0.15) is 12.6 Å². The molecule has 37 heavy (non-hydrogen) atoms. The Morgan fingerprint density at radius 1 is 0.973 bits per heavy atom. The molecule has 0 unspecified atom stereocenters. The Bertz CT molecular complexity index is 1100. The number of hydrogen-bond acceptors (Lipinski definition) is 7. The molecule has 3 N–H and O–H groups in total. The summed E-state index contributed by atoms with van der Waals surface area (Å²) in [6.45, 7) is 3.57. The summed E-state index contributed by atoms with van der Waals surface area (Å²) in [6.07, 6.45) is 1.52. The number of nitrogens with zero attached hydrogens (tertiary/aromatic N) is 1. The molecule has 2 aromatic rings. The van der Waals surface area contributed by atoms with Crippen LogP contribution in [0.3, 0.4) is 0 Å². The zero-order valence-electron chi connectivity index (χ0n) is 21.4. The predicted octanol–water partition coefficient (Wildman–Crippen LogP) is 1.82. The minimum atomic E-state index is -0.442. The van der Waals surface area contributed by atoms with Gasteiger partial charge in [-0.3, -0.25) is 24.1 Å². The Morgan fingerprint density at radius 3 is 2.35 bits per heavy atom. The third-order valence-electron chi connectivity index (χ3n) is 6.76. The molecule has 0 aromatic heterocycles. The van der Waals surface area contributed by atoms with Crippen LogP contribution in [0.15, 0.2) is 42.5 Å². The summed E-state index contributed by atoms with van der Waals surface area (Å²) in [6, 6.07) is 15.0. The number of thiol groups is 1. The van der Waals surface area contributed by atoms with Crippen molar-refractivity contribution < 1.29 is 23.9 Å². The maximum atomic E-state index is 12.6. The van der Waals surface area contributed by atoms with Crippen LogP contribution in [0, 0.1) is 5.92 Å². The van der Waals surface area contributed by atoms with Crippen molar-refractivity contribution in [2.24, 2.45) is 5.92 Å². The molecule has 3 amide bonds.